The number of aromatic hydroxyl groups is 1. The topological polar surface area (TPSA) is 58.5 Å². The summed E-state index contributed by atoms with van der Waals surface area (Å²) in [4.78, 5) is 2.54. The highest BCUT2D eigenvalue weighted by Gasteiger charge is 2.33. The second kappa shape index (κ2) is 6.84. The Morgan fingerprint density at radius 2 is 1.96 bits per heavy atom. The van der Waals surface area contributed by atoms with Gasteiger partial charge in [0.15, 0.2) is 5.01 Å². The van der Waals surface area contributed by atoms with Crippen LogP contribution in [-0.4, -0.2) is 45.9 Å². The van der Waals surface area contributed by atoms with Crippen molar-refractivity contribution >= 4 is 11.3 Å². The standard InChI is InChI=1S/C16H19N3O2S.CH4/c20-13-5-3-11(4-6-13)15-17-18-16(22-15)21-14-7-9-19-8-1-2-12(14)10-19;/h3-6,12,14,20H,1-2,7-10H2;1H4. The van der Waals surface area contributed by atoms with Crippen molar-refractivity contribution in [3.63, 3.8) is 0 Å². The van der Waals surface area contributed by atoms with E-state index in [1.165, 1.54) is 30.7 Å². The zero-order chi connectivity index (χ0) is 14.9. The predicted molar refractivity (Wildman–Crippen MR) is 91.9 cm³/mol. The van der Waals surface area contributed by atoms with Gasteiger partial charge in [-0.15, -0.1) is 5.10 Å². The smallest absolute Gasteiger partial charge is 0.294 e. The molecule has 0 spiro atoms. The zero-order valence-corrected chi connectivity index (χ0v) is 13.1. The van der Waals surface area contributed by atoms with Gasteiger partial charge in [-0.05, 0) is 50.1 Å². The van der Waals surface area contributed by atoms with Gasteiger partial charge in [0, 0.05) is 24.6 Å². The molecule has 2 bridgehead atoms. The van der Waals surface area contributed by atoms with Crippen molar-refractivity contribution < 1.29 is 9.84 Å². The van der Waals surface area contributed by atoms with Crippen molar-refractivity contribution in [3.8, 4) is 21.5 Å². The summed E-state index contributed by atoms with van der Waals surface area (Å²) in [6, 6.07) is 7.02. The van der Waals surface area contributed by atoms with E-state index >= 15 is 0 Å². The third-order valence-corrected chi connectivity index (χ3v) is 5.43. The molecule has 6 heteroatoms. The summed E-state index contributed by atoms with van der Waals surface area (Å²) >= 11 is 1.48. The molecule has 0 amide bonds. The van der Waals surface area contributed by atoms with Crippen LogP contribution >= 0.6 is 11.3 Å². The Balaban J connectivity index is 0.00000156. The highest BCUT2D eigenvalue weighted by Crippen LogP contribution is 2.33. The molecule has 0 radical (unpaired) electrons. The van der Waals surface area contributed by atoms with E-state index in [-0.39, 0.29) is 19.3 Å². The van der Waals surface area contributed by atoms with Gasteiger partial charge in [-0.3, -0.25) is 0 Å². The number of hydrogen-bond acceptors (Lipinski definition) is 6. The highest BCUT2D eigenvalue weighted by molar-refractivity contribution is 7.16. The molecule has 5 nitrogen and oxygen atoms in total. The number of phenols is 1. The molecule has 3 atom stereocenters. The molecule has 1 aromatic carbocycles. The molecular weight excluding hydrogens is 310 g/mol. The maximum absolute atomic E-state index is 9.35. The summed E-state index contributed by atoms with van der Waals surface area (Å²) in [7, 11) is 0. The van der Waals surface area contributed by atoms with Gasteiger partial charge in [-0.2, -0.15) is 0 Å². The van der Waals surface area contributed by atoms with Crippen LogP contribution in [0.1, 0.15) is 26.7 Å². The summed E-state index contributed by atoms with van der Waals surface area (Å²) in [5.74, 6) is 0.886. The average molecular weight is 333 g/mol. The molecule has 0 aliphatic carbocycles. The van der Waals surface area contributed by atoms with Gasteiger partial charge < -0.3 is 14.7 Å². The van der Waals surface area contributed by atoms with Crippen LogP contribution in [0.2, 0.25) is 0 Å². The van der Waals surface area contributed by atoms with Crippen molar-refractivity contribution in [2.75, 3.05) is 19.6 Å². The number of fused-ring (bicyclic) bond motifs is 2. The Morgan fingerprint density at radius 1 is 1.13 bits per heavy atom. The first kappa shape index (κ1) is 16.2. The van der Waals surface area contributed by atoms with Crippen LogP contribution in [0.25, 0.3) is 10.6 Å². The molecule has 0 saturated carbocycles. The van der Waals surface area contributed by atoms with Crippen molar-refractivity contribution in [2.24, 2.45) is 5.92 Å². The lowest BCUT2D eigenvalue weighted by Crippen LogP contribution is -2.48. The Labute approximate surface area is 140 Å². The van der Waals surface area contributed by atoms with Gasteiger partial charge >= 0.3 is 0 Å². The van der Waals surface area contributed by atoms with Crippen LogP contribution in [0.4, 0.5) is 0 Å². The van der Waals surface area contributed by atoms with Gasteiger partial charge in [0.05, 0.1) is 0 Å². The molecule has 2 aliphatic rings. The molecule has 1 aromatic heterocycles. The fourth-order valence-electron chi connectivity index (χ4n) is 3.41. The fraction of sp³-hybridized carbons (Fsp3) is 0.529. The maximum Gasteiger partial charge on any atom is 0.294 e. The lowest BCUT2D eigenvalue weighted by atomic mass is 9.87. The molecule has 2 aliphatic heterocycles. The second-order valence-electron chi connectivity index (χ2n) is 6.07. The van der Waals surface area contributed by atoms with Crippen LogP contribution in [-0.2, 0) is 0 Å². The van der Waals surface area contributed by atoms with Crippen LogP contribution in [0.3, 0.4) is 0 Å². The summed E-state index contributed by atoms with van der Waals surface area (Å²) in [5.41, 5.74) is 0.956. The number of rotatable bonds is 3. The van der Waals surface area contributed by atoms with Gasteiger partial charge in [0.1, 0.15) is 11.9 Å². The SMILES string of the molecule is C.Oc1ccc(-c2nnc(OC3CCN4CCCC3C4)s2)cc1. The van der Waals surface area contributed by atoms with E-state index in [1.54, 1.807) is 12.1 Å². The zero-order valence-electron chi connectivity index (χ0n) is 12.3. The van der Waals surface area contributed by atoms with Gasteiger partial charge in [0.2, 0.25) is 0 Å². The Morgan fingerprint density at radius 3 is 2.78 bits per heavy atom. The van der Waals surface area contributed by atoms with E-state index in [0.29, 0.717) is 11.1 Å². The van der Waals surface area contributed by atoms with Crippen molar-refractivity contribution in [1.82, 2.24) is 15.1 Å². The Hall–Kier alpha value is -1.66. The summed E-state index contributed by atoms with van der Waals surface area (Å²) in [5, 5.41) is 19.2. The normalized spacial score (nSPS) is 26.3. The molecule has 3 heterocycles. The molecule has 2 saturated heterocycles. The van der Waals surface area contributed by atoms with Crippen molar-refractivity contribution in [3.05, 3.63) is 24.3 Å². The van der Waals surface area contributed by atoms with Crippen LogP contribution in [0.15, 0.2) is 24.3 Å². The first-order chi connectivity index (χ1) is 10.8. The summed E-state index contributed by atoms with van der Waals surface area (Å²) in [6.07, 6.45) is 3.89. The molecule has 124 valence electrons. The van der Waals surface area contributed by atoms with E-state index in [9.17, 15) is 5.11 Å². The van der Waals surface area contributed by atoms with Crippen LogP contribution < -0.4 is 4.74 Å². The molecular formula is C17H23N3O2S. The minimum absolute atomic E-state index is 0. The van der Waals surface area contributed by atoms with Gasteiger partial charge in [-0.25, -0.2) is 0 Å². The average Bonchev–Trinajstić information content (AvgIpc) is 3.00. The molecule has 2 fully saturated rings. The number of piperidine rings is 2. The van der Waals surface area contributed by atoms with E-state index in [1.807, 2.05) is 12.1 Å². The maximum atomic E-state index is 9.35. The molecule has 1 N–H and O–H groups in total. The first-order valence-corrected chi connectivity index (χ1v) is 8.61. The lowest BCUT2D eigenvalue weighted by Gasteiger charge is -2.41. The molecule has 23 heavy (non-hydrogen) atoms. The third-order valence-electron chi connectivity index (χ3n) is 4.57. The van der Waals surface area contributed by atoms with Crippen molar-refractivity contribution in [2.45, 2.75) is 32.8 Å². The number of ether oxygens (including phenoxy) is 1. The van der Waals surface area contributed by atoms with Gasteiger partial charge in [-0.1, -0.05) is 23.9 Å². The molecule has 4 rings (SSSR count). The monoisotopic (exact) mass is 333 g/mol. The highest BCUT2D eigenvalue weighted by atomic mass is 32.1. The van der Waals surface area contributed by atoms with E-state index in [4.69, 9.17) is 4.74 Å². The summed E-state index contributed by atoms with van der Waals surface area (Å²) < 4.78 is 6.14. The van der Waals surface area contributed by atoms with E-state index < -0.39 is 0 Å². The number of hydrogen-bond donors (Lipinski definition) is 1. The number of benzene rings is 1. The van der Waals surface area contributed by atoms with Gasteiger partial charge in [0.25, 0.3) is 5.19 Å². The minimum Gasteiger partial charge on any atom is -0.508 e. The second-order valence-corrected chi connectivity index (χ2v) is 7.01. The van der Waals surface area contributed by atoms with E-state index in [0.717, 1.165) is 30.1 Å². The quantitative estimate of drug-likeness (QED) is 0.933. The number of nitrogens with zero attached hydrogens (tertiary/aromatic N) is 3. The van der Waals surface area contributed by atoms with E-state index in [2.05, 4.69) is 15.1 Å². The number of aromatic nitrogens is 2. The van der Waals surface area contributed by atoms with Crippen LogP contribution in [0, 0.1) is 5.92 Å². The molecule has 2 aromatic rings. The Kier molecular flexibility index (Phi) is 4.82. The lowest BCUT2D eigenvalue weighted by molar-refractivity contribution is 0.0147. The Bertz CT molecular complexity index is 644. The number of phenolic OH excluding ortho intramolecular Hbond substituents is 1. The summed E-state index contributed by atoms with van der Waals surface area (Å²) in [6.45, 7) is 3.53. The predicted octanol–water partition coefficient (Wildman–Crippen LogP) is 3.41. The fourth-order valence-corrected chi connectivity index (χ4v) is 4.16. The van der Waals surface area contributed by atoms with Crippen molar-refractivity contribution in [1.29, 1.82) is 0 Å². The van der Waals surface area contributed by atoms with Crippen LogP contribution in [0.5, 0.6) is 10.9 Å². The minimum atomic E-state index is 0. The largest absolute Gasteiger partial charge is 0.508 e. The third kappa shape index (κ3) is 3.48. The first-order valence-electron chi connectivity index (χ1n) is 7.80. The molecule has 3 unspecified atom stereocenters.